The molecule has 0 saturated carbocycles. The Labute approximate surface area is 88.5 Å². The maximum atomic E-state index is 5.39. The van der Waals surface area contributed by atoms with E-state index in [1.54, 1.807) is 0 Å². The molecule has 0 atom stereocenters. The first-order valence-corrected chi connectivity index (χ1v) is 5.07. The fraction of sp³-hybridized carbons (Fsp3) is 0.273. The van der Waals surface area contributed by atoms with E-state index in [-0.39, 0.29) is 0 Å². The molecule has 0 aliphatic carbocycles. The molecule has 3 N–H and O–H groups in total. The predicted octanol–water partition coefficient (Wildman–Crippen LogP) is 1.87. The van der Waals surface area contributed by atoms with Gasteiger partial charge >= 0.3 is 0 Å². The van der Waals surface area contributed by atoms with Gasteiger partial charge in [0.15, 0.2) is 5.82 Å². The van der Waals surface area contributed by atoms with Crippen molar-refractivity contribution in [2.24, 2.45) is 5.84 Å². The van der Waals surface area contributed by atoms with E-state index in [2.05, 4.69) is 28.6 Å². The molecule has 0 spiro atoms. The summed E-state index contributed by atoms with van der Waals surface area (Å²) in [4.78, 5) is 0. The molecule has 0 unspecified atom stereocenters. The van der Waals surface area contributed by atoms with E-state index in [4.69, 9.17) is 5.84 Å². The average molecular weight is 202 g/mol. The van der Waals surface area contributed by atoms with Crippen molar-refractivity contribution in [3.63, 3.8) is 0 Å². The van der Waals surface area contributed by atoms with Gasteiger partial charge in [-0.25, -0.2) is 5.84 Å². The quantitative estimate of drug-likeness (QED) is 0.589. The monoisotopic (exact) mass is 202 g/mol. The fourth-order valence-corrected chi connectivity index (χ4v) is 1.69. The third kappa shape index (κ3) is 1.76. The maximum absolute atomic E-state index is 5.39. The zero-order valence-electron chi connectivity index (χ0n) is 8.70. The van der Waals surface area contributed by atoms with Gasteiger partial charge in [0.1, 0.15) is 0 Å². The van der Waals surface area contributed by atoms with E-state index in [9.17, 15) is 0 Å². The first kappa shape index (κ1) is 9.86. The van der Waals surface area contributed by atoms with Crippen LogP contribution in [0.15, 0.2) is 24.3 Å². The van der Waals surface area contributed by atoms with Crippen LogP contribution in [0.1, 0.15) is 19.0 Å². The Hall–Kier alpha value is -1.68. The lowest BCUT2D eigenvalue weighted by molar-refractivity contribution is 0.853. The predicted molar refractivity (Wildman–Crippen MR) is 61.3 cm³/mol. The molecule has 0 bridgehead atoms. The zero-order chi connectivity index (χ0) is 10.7. The van der Waals surface area contributed by atoms with Crippen LogP contribution in [0.5, 0.6) is 0 Å². The maximum Gasteiger partial charge on any atom is 0.170 e. The largest absolute Gasteiger partial charge is 0.306 e. The van der Waals surface area contributed by atoms with Crippen molar-refractivity contribution in [1.29, 1.82) is 0 Å². The molecule has 15 heavy (non-hydrogen) atoms. The Morgan fingerprint density at radius 2 is 1.93 bits per heavy atom. The number of aryl methyl sites for hydroxylation is 1. The zero-order valence-corrected chi connectivity index (χ0v) is 8.70. The van der Waals surface area contributed by atoms with Crippen LogP contribution in [-0.4, -0.2) is 10.2 Å². The summed E-state index contributed by atoms with van der Waals surface area (Å²) in [5, 5.41) is 10.4. The number of nitrogens with two attached hydrogens (primary N) is 1. The standard InChI is InChI=1S/C11H14N4/c1-2-5-10-8-6-3-4-7-9(8)11(13-12)15-14-10/h3-4,6-7H,2,5,12H2,1H3,(H,13,15). The van der Waals surface area contributed by atoms with Gasteiger partial charge in [0, 0.05) is 10.8 Å². The summed E-state index contributed by atoms with van der Waals surface area (Å²) >= 11 is 0. The Morgan fingerprint density at radius 1 is 1.20 bits per heavy atom. The van der Waals surface area contributed by atoms with Crippen LogP contribution < -0.4 is 11.3 Å². The summed E-state index contributed by atoms with van der Waals surface area (Å²) in [5.41, 5.74) is 3.60. The molecule has 1 heterocycles. The number of benzene rings is 1. The number of anilines is 1. The minimum atomic E-state index is 0.630. The highest BCUT2D eigenvalue weighted by molar-refractivity contribution is 5.92. The molecule has 0 amide bonds. The second kappa shape index (κ2) is 4.23. The summed E-state index contributed by atoms with van der Waals surface area (Å²) in [6.07, 6.45) is 2.01. The first-order chi connectivity index (χ1) is 7.36. The highest BCUT2D eigenvalue weighted by Gasteiger charge is 2.06. The fourth-order valence-electron chi connectivity index (χ4n) is 1.69. The molecule has 4 nitrogen and oxygen atoms in total. The summed E-state index contributed by atoms with van der Waals surface area (Å²) in [6.45, 7) is 2.13. The summed E-state index contributed by atoms with van der Waals surface area (Å²) < 4.78 is 0. The molecular formula is C11H14N4. The van der Waals surface area contributed by atoms with Crippen molar-refractivity contribution in [2.75, 3.05) is 5.43 Å². The van der Waals surface area contributed by atoms with Gasteiger partial charge in [-0.2, -0.15) is 5.10 Å². The number of nitrogens with one attached hydrogen (secondary N) is 1. The average Bonchev–Trinajstić information content (AvgIpc) is 2.30. The van der Waals surface area contributed by atoms with Gasteiger partial charge in [0.05, 0.1) is 5.69 Å². The second-order valence-corrected chi connectivity index (χ2v) is 3.44. The third-order valence-corrected chi connectivity index (χ3v) is 2.39. The number of fused-ring (bicyclic) bond motifs is 1. The van der Waals surface area contributed by atoms with Crippen molar-refractivity contribution in [1.82, 2.24) is 10.2 Å². The molecule has 1 aromatic heterocycles. The van der Waals surface area contributed by atoms with Crippen LogP contribution in [0.25, 0.3) is 10.8 Å². The normalized spacial score (nSPS) is 10.5. The SMILES string of the molecule is CCCc1nnc(NN)c2ccccc12. The number of aromatic nitrogens is 2. The van der Waals surface area contributed by atoms with Crippen LogP contribution in [-0.2, 0) is 6.42 Å². The van der Waals surface area contributed by atoms with Crippen molar-refractivity contribution >= 4 is 16.6 Å². The molecule has 78 valence electrons. The number of hydrogen-bond donors (Lipinski definition) is 2. The Morgan fingerprint density at radius 3 is 2.60 bits per heavy atom. The minimum Gasteiger partial charge on any atom is -0.306 e. The lowest BCUT2D eigenvalue weighted by Crippen LogP contribution is -2.10. The van der Waals surface area contributed by atoms with Gasteiger partial charge in [0.25, 0.3) is 0 Å². The molecule has 2 rings (SSSR count). The van der Waals surface area contributed by atoms with Gasteiger partial charge in [-0.15, -0.1) is 5.10 Å². The van der Waals surface area contributed by atoms with Gasteiger partial charge in [-0.05, 0) is 6.42 Å². The summed E-state index contributed by atoms with van der Waals surface area (Å²) in [7, 11) is 0. The molecule has 1 aromatic carbocycles. The molecule has 0 fully saturated rings. The van der Waals surface area contributed by atoms with Gasteiger partial charge in [-0.3, -0.25) is 0 Å². The summed E-state index contributed by atoms with van der Waals surface area (Å²) in [6, 6.07) is 8.03. The van der Waals surface area contributed by atoms with E-state index < -0.39 is 0 Å². The van der Waals surface area contributed by atoms with E-state index in [1.165, 1.54) is 0 Å². The molecule has 0 saturated heterocycles. The van der Waals surface area contributed by atoms with Crippen molar-refractivity contribution in [3.05, 3.63) is 30.0 Å². The third-order valence-electron chi connectivity index (χ3n) is 2.39. The van der Waals surface area contributed by atoms with E-state index in [0.29, 0.717) is 5.82 Å². The Kier molecular flexibility index (Phi) is 2.78. The number of hydrogen-bond acceptors (Lipinski definition) is 4. The molecule has 0 aliphatic rings. The lowest BCUT2D eigenvalue weighted by Gasteiger charge is -2.07. The molecule has 4 heteroatoms. The van der Waals surface area contributed by atoms with Crippen molar-refractivity contribution in [3.8, 4) is 0 Å². The van der Waals surface area contributed by atoms with Crippen LogP contribution in [0.3, 0.4) is 0 Å². The highest BCUT2D eigenvalue weighted by Crippen LogP contribution is 2.22. The highest BCUT2D eigenvalue weighted by atomic mass is 15.3. The smallest absolute Gasteiger partial charge is 0.170 e. The first-order valence-electron chi connectivity index (χ1n) is 5.07. The Bertz CT molecular complexity index is 467. The number of hydrazine groups is 1. The molecule has 0 radical (unpaired) electrons. The second-order valence-electron chi connectivity index (χ2n) is 3.44. The van der Waals surface area contributed by atoms with E-state index in [1.807, 2.05) is 18.2 Å². The topological polar surface area (TPSA) is 63.8 Å². The summed E-state index contributed by atoms with van der Waals surface area (Å²) in [5.74, 6) is 6.02. The van der Waals surface area contributed by atoms with Crippen LogP contribution >= 0.6 is 0 Å². The molecular weight excluding hydrogens is 188 g/mol. The number of rotatable bonds is 3. The van der Waals surface area contributed by atoms with Gasteiger partial charge in [-0.1, -0.05) is 37.6 Å². The molecule has 0 aliphatic heterocycles. The van der Waals surface area contributed by atoms with Crippen LogP contribution in [0.2, 0.25) is 0 Å². The van der Waals surface area contributed by atoms with Crippen LogP contribution in [0, 0.1) is 0 Å². The van der Waals surface area contributed by atoms with Crippen LogP contribution in [0.4, 0.5) is 5.82 Å². The van der Waals surface area contributed by atoms with Crippen molar-refractivity contribution in [2.45, 2.75) is 19.8 Å². The lowest BCUT2D eigenvalue weighted by atomic mass is 10.1. The number of nitrogen functional groups attached to an aromatic ring is 1. The van der Waals surface area contributed by atoms with E-state index >= 15 is 0 Å². The van der Waals surface area contributed by atoms with Crippen molar-refractivity contribution < 1.29 is 0 Å². The van der Waals surface area contributed by atoms with Gasteiger partial charge < -0.3 is 5.43 Å². The molecule has 2 aromatic rings. The number of nitrogens with zero attached hydrogens (tertiary/aromatic N) is 2. The Balaban J connectivity index is 2.66. The van der Waals surface area contributed by atoms with E-state index in [0.717, 1.165) is 29.3 Å². The van der Waals surface area contributed by atoms with Gasteiger partial charge in [0.2, 0.25) is 0 Å². The minimum absolute atomic E-state index is 0.630.